The Morgan fingerprint density at radius 3 is 2.50 bits per heavy atom. The summed E-state index contributed by atoms with van der Waals surface area (Å²) in [5.41, 5.74) is 0.613. The lowest BCUT2D eigenvalue weighted by molar-refractivity contribution is -0.136. The molecule has 0 aliphatic heterocycles. The zero-order chi connectivity index (χ0) is 13.0. The quantitative estimate of drug-likeness (QED) is 0.783. The fraction of sp³-hybridized carbons (Fsp3) is 0.385. The number of hydrogen-bond acceptors (Lipinski definition) is 3. The maximum Gasteiger partial charge on any atom is 0.323 e. The number of amides is 1. The Bertz CT molecular complexity index is 429. The van der Waals surface area contributed by atoms with Gasteiger partial charge in [-0.1, -0.05) is 18.2 Å². The second kappa shape index (κ2) is 5.64. The highest BCUT2D eigenvalue weighted by Crippen LogP contribution is 2.19. The molecular formula is C13H16N2O3. The zero-order valence-electron chi connectivity index (χ0n) is 10.0. The topological polar surface area (TPSA) is 69.6 Å². The molecule has 2 rings (SSSR count). The smallest absolute Gasteiger partial charge is 0.323 e. The van der Waals surface area contributed by atoms with Crippen LogP contribution in [0.25, 0.3) is 0 Å². The molecule has 96 valence electrons. The molecule has 1 saturated carbocycles. The first-order chi connectivity index (χ1) is 8.66. The minimum Gasteiger partial charge on any atom is -0.480 e. The Hall–Kier alpha value is -1.88. The first-order valence-corrected chi connectivity index (χ1v) is 5.97. The van der Waals surface area contributed by atoms with Crippen molar-refractivity contribution in [1.29, 1.82) is 0 Å². The van der Waals surface area contributed by atoms with Crippen LogP contribution >= 0.6 is 0 Å². The first-order valence-electron chi connectivity index (χ1n) is 5.97. The summed E-state index contributed by atoms with van der Waals surface area (Å²) in [5, 5.41) is 12.0. The predicted molar refractivity (Wildman–Crippen MR) is 67.5 cm³/mol. The lowest BCUT2D eigenvalue weighted by atomic mass is 10.2. The molecule has 0 spiro atoms. The van der Waals surface area contributed by atoms with Gasteiger partial charge < -0.3 is 15.3 Å². The Balaban J connectivity index is 2.03. The number of carboxylic acids is 1. The number of carboxylic acid groups (broad SMARTS) is 1. The van der Waals surface area contributed by atoms with Crippen LogP contribution in [0.15, 0.2) is 30.3 Å². The van der Waals surface area contributed by atoms with Crippen LogP contribution in [0.1, 0.15) is 12.8 Å². The van der Waals surface area contributed by atoms with Crippen molar-refractivity contribution in [3.8, 4) is 0 Å². The first kappa shape index (κ1) is 12.6. The fourth-order valence-corrected chi connectivity index (χ4v) is 1.68. The summed E-state index contributed by atoms with van der Waals surface area (Å²) in [6.45, 7) is -0.123. The Kier molecular flexibility index (Phi) is 3.94. The maximum absolute atomic E-state index is 12.0. The Morgan fingerprint density at radius 2 is 1.94 bits per heavy atom. The predicted octanol–water partition coefficient (Wildman–Crippen LogP) is 0.856. The van der Waals surface area contributed by atoms with Gasteiger partial charge in [0, 0.05) is 11.7 Å². The zero-order valence-corrected chi connectivity index (χ0v) is 10.0. The second-order valence-corrected chi connectivity index (χ2v) is 4.36. The molecule has 0 aromatic heterocycles. The average molecular weight is 248 g/mol. The highest BCUT2D eigenvalue weighted by molar-refractivity contribution is 5.98. The van der Waals surface area contributed by atoms with Crippen molar-refractivity contribution in [3.05, 3.63) is 30.3 Å². The highest BCUT2D eigenvalue weighted by atomic mass is 16.4. The molecule has 5 heteroatoms. The van der Waals surface area contributed by atoms with E-state index in [1.54, 1.807) is 24.3 Å². The number of aliphatic carboxylic acids is 1. The van der Waals surface area contributed by atoms with Crippen LogP contribution in [-0.2, 0) is 9.59 Å². The van der Waals surface area contributed by atoms with Gasteiger partial charge in [0.05, 0.1) is 6.54 Å². The van der Waals surface area contributed by atoms with Gasteiger partial charge in [-0.2, -0.15) is 0 Å². The third-order valence-corrected chi connectivity index (χ3v) is 2.78. The van der Waals surface area contributed by atoms with Gasteiger partial charge in [-0.3, -0.25) is 9.59 Å². The summed E-state index contributed by atoms with van der Waals surface area (Å²) in [6, 6.07) is 9.29. The van der Waals surface area contributed by atoms with Gasteiger partial charge >= 0.3 is 5.97 Å². The van der Waals surface area contributed by atoms with E-state index in [9.17, 15) is 9.59 Å². The Morgan fingerprint density at radius 1 is 1.28 bits per heavy atom. The van der Waals surface area contributed by atoms with Crippen LogP contribution in [0.5, 0.6) is 0 Å². The van der Waals surface area contributed by atoms with Crippen LogP contribution in [0, 0.1) is 0 Å². The molecule has 0 bridgehead atoms. The van der Waals surface area contributed by atoms with E-state index in [0.29, 0.717) is 11.7 Å². The molecule has 0 saturated heterocycles. The third kappa shape index (κ3) is 3.56. The molecule has 1 amide bonds. The molecule has 1 aromatic carbocycles. The number of nitrogens with zero attached hydrogens (tertiary/aromatic N) is 1. The van der Waals surface area contributed by atoms with Crippen LogP contribution < -0.4 is 10.2 Å². The van der Waals surface area contributed by atoms with E-state index in [1.165, 1.54) is 4.90 Å². The maximum atomic E-state index is 12.0. The number of para-hydroxylation sites is 1. The van der Waals surface area contributed by atoms with Gasteiger partial charge in [0.15, 0.2) is 0 Å². The molecule has 0 heterocycles. The SMILES string of the molecule is O=C(O)CN(C(=O)CNC1CC1)c1ccccc1. The van der Waals surface area contributed by atoms with Crippen LogP contribution in [0.3, 0.4) is 0 Å². The number of benzene rings is 1. The molecule has 18 heavy (non-hydrogen) atoms. The summed E-state index contributed by atoms with van der Waals surface area (Å²) in [7, 11) is 0. The fourth-order valence-electron chi connectivity index (χ4n) is 1.68. The van der Waals surface area contributed by atoms with Crippen LogP contribution in [0.2, 0.25) is 0 Å². The summed E-state index contributed by atoms with van der Waals surface area (Å²) < 4.78 is 0. The molecule has 1 fully saturated rings. The number of hydrogen-bond donors (Lipinski definition) is 2. The van der Waals surface area contributed by atoms with Gasteiger partial charge in [-0.25, -0.2) is 0 Å². The summed E-state index contributed by atoms with van der Waals surface area (Å²) in [5.74, 6) is -1.23. The van der Waals surface area contributed by atoms with E-state index >= 15 is 0 Å². The average Bonchev–Trinajstić information content (AvgIpc) is 3.18. The molecule has 0 unspecified atom stereocenters. The van der Waals surface area contributed by atoms with Gasteiger partial charge in [-0.15, -0.1) is 0 Å². The minimum atomic E-state index is -1.02. The normalized spacial score (nSPS) is 14.2. The molecule has 0 atom stereocenters. The van der Waals surface area contributed by atoms with E-state index in [4.69, 9.17) is 5.11 Å². The number of carbonyl (C=O) groups excluding carboxylic acids is 1. The van der Waals surface area contributed by atoms with Gasteiger partial charge in [0.2, 0.25) is 5.91 Å². The lowest BCUT2D eigenvalue weighted by Gasteiger charge is -2.21. The standard InChI is InChI=1S/C13H16N2O3/c16-12(8-14-10-6-7-10)15(9-13(17)18)11-4-2-1-3-5-11/h1-5,10,14H,6-9H2,(H,17,18). The summed E-state index contributed by atoms with van der Waals surface area (Å²) in [6.07, 6.45) is 2.19. The van der Waals surface area contributed by atoms with Crippen molar-refractivity contribution < 1.29 is 14.7 Å². The molecule has 1 aliphatic carbocycles. The van der Waals surface area contributed by atoms with Gasteiger partial charge in [0.1, 0.15) is 6.54 Å². The number of rotatable bonds is 6. The minimum absolute atomic E-state index is 0.187. The van der Waals surface area contributed by atoms with E-state index in [-0.39, 0.29) is 19.0 Å². The van der Waals surface area contributed by atoms with Crippen molar-refractivity contribution in [3.63, 3.8) is 0 Å². The van der Waals surface area contributed by atoms with Crippen molar-refractivity contribution >= 4 is 17.6 Å². The molecule has 0 radical (unpaired) electrons. The van der Waals surface area contributed by atoms with E-state index < -0.39 is 5.97 Å². The lowest BCUT2D eigenvalue weighted by Crippen LogP contribution is -2.41. The third-order valence-electron chi connectivity index (χ3n) is 2.78. The number of nitrogens with one attached hydrogen (secondary N) is 1. The van der Waals surface area contributed by atoms with Gasteiger partial charge in [0.25, 0.3) is 0 Å². The second-order valence-electron chi connectivity index (χ2n) is 4.36. The summed E-state index contributed by atoms with van der Waals surface area (Å²) >= 11 is 0. The van der Waals surface area contributed by atoms with Crippen LogP contribution in [-0.4, -0.2) is 36.1 Å². The summed E-state index contributed by atoms with van der Waals surface area (Å²) in [4.78, 5) is 24.1. The molecular weight excluding hydrogens is 232 g/mol. The monoisotopic (exact) mass is 248 g/mol. The highest BCUT2D eigenvalue weighted by Gasteiger charge is 2.24. The Labute approximate surface area is 105 Å². The van der Waals surface area contributed by atoms with Gasteiger partial charge in [-0.05, 0) is 25.0 Å². The largest absolute Gasteiger partial charge is 0.480 e. The van der Waals surface area contributed by atoms with E-state index in [1.807, 2.05) is 6.07 Å². The molecule has 1 aromatic rings. The van der Waals surface area contributed by atoms with Crippen molar-refractivity contribution in [2.45, 2.75) is 18.9 Å². The van der Waals surface area contributed by atoms with Crippen molar-refractivity contribution in [1.82, 2.24) is 5.32 Å². The number of carbonyl (C=O) groups is 2. The molecule has 1 aliphatic rings. The van der Waals surface area contributed by atoms with Crippen molar-refractivity contribution in [2.75, 3.05) is 18.0 Å². The number of anilines is 1. The molecule has 5 nitrogen and oxygen atoms in total. The van der Waals surface area contributed by atoms with E-state index in [2.05, 4.69) is 5.32 Å². The molecule has 2 N–H and O–H groups in total. The van der Waals surface area contributed by atoms with Crippen molar-refractivity contribution in [2.24, 2.45) is 0 Å². The van der Waals surface area contributed by atoms with Crippen LogP contribution in [0.4, 0.5) is 5.69 Å². The van der Waals surface area contributed by atoms with E-state index in [0.717, 1.165) is 12.8 Å².